The average Bonchev–Trinajstić information content (AvgIpc) is 3.57. The van der Waals surface area contributed by atoms with E-state index in [-0.39, 0.29) is 28.1 Å². The molecule has 0 radical (unpaired) electrons. The first-order chi connectivity index (χ1) is 18.6. The summed E-state index contributed by atoms with van der Waals surface area (Å²) in [6.45, 7) is 14.0. The van der Waals surface area contributed by atoms with Crippen LogP contribution in [0.3, 0.4) is 0 Å². The molecule has 39 heavy (non-hydrogen) atoms. The van der Waals surface area contributed by atoms with Crippen LogP contribution in [0.4, 0.5) is 0 Å². The molecule has 0 atom stereocenters. The predicted molar refractivity (Wildman–Crippen MR) is 167 cm³/mol. The molecule has 0 saturated heterocycles. The predicted octanol–water partition coefficient (Wildman–Crippen LogP) is 10.1. The van der Waals surface area contributed by atoms with E-state index in [1.165, 1.54) is 44.5 Å². The van der Waals surface area contributed by atoms with Gasteiger partial charge in [0.15, 0.2) is 0 Å². The maximum atomic E-state index is 2.53. The Labute approximate surface area is 235 Å². The first kappa shape index (κ1) is 25.6. The Morgan fingerprint density at radius 3 is 1.26 bits per heavy atom. The first-order valence-electron chi connectivity index (χ1n) is 14.4. The maximum absolute atomic E-state index is 2.53. The summed E-state index contributed by atoms with van der Waals surface area (Å²) in [6.07, 6.45) is 9.30. The summed E-state index contributed by atoms with van der Waals surface area (Å²) in [5.74, 6) is 0.386. The molecule has 0 spiro atoms. The highest BCUT2D eigenvalue weighted by atomic mass is 14.5. The summed E-state index contributed by atoms with van der Waals surface area (Å²) in [6, 6.07) is 37.1. The molecule has 196 valence electrons. The SMILES string of the molecule is CC(C)(C)c1ccc2c(c1)C(C(c1ccccc1)(c1ccccc1)C1C=CC=C1)c1cc(C(C)(C)C)ccc1-2. The summed E-state index contributed by atoms with van der Waals surface area (Å²) in [5.41, 5.74) is 11.0. The van der Waals surface area contributed by atoms with Crippen molar-refractivity contribution in [2.24, 2.45) is 5.92 Å². The van der Waals surface area contributed by atoms with Crippen molar-refractivity contribution in [3.05, 3.63) is 155 Å². The van der Waals surface area contributed by atoms with Crippen LogP contribution in [0.5, 0.6) is 0 Å². The molecule has 0 N–H and O–H groups in total. The van der Waals surface area contributed by atoms with Crippen LogP contribution in [0, 0.1) is 5.92 Å². The van der Waals surface area contributed by atoms with Crippen LogP contribution < -0.4 is 0 Å². The van der Waals surface area contributed by atoms with E-state index in [1.807, 2.05) is 0 Å². The highest BCUT2D eigenvalue weighted by molar-refractivity contribution is 5.82. The molecule has 0 heterocycles. The highest BCUT2D eigenvalue weighted by Gasteiger charge is 2.51. The van der Waals surface area contributed by atoms with Crippen LogP contribution in [0.15, 0.2) is 121 Å². The molecule has 4 aromatic rings. The van der Waals surface area contributed by atoms with E-state index in [2.05, 4.69) is 163 Å². The Balaban J connectivity index is 1.76. The van der Waals surface area contributed by atoms with Gasteiger partial charge in [0.2, 0.25) is 0 Å². The zero-order chi connectivity index (χ0) is 27.4. The van der Waals surface area contributed by atoms with E-state index in [1.54, 1.807) is 0 Å². The molecule has 0 aromatic heterocycles. The smallest absolute Gasteiger partial charge is 0.0409 e. The molecule has 0 unspecified atom stereocenters. The van der Waals surface area contributed by atoms with Gasteiger partial charge in [-0.3, -0.25) is 0 Å². The maximum Gasteiger partial charge on any atom is 0.0409 e. The molecule has 2 aliphatic rings. The van der Waals surface area contributed by atoms with Crippen LogP contribution in [-0.2, 0) is 16.2 Å². The lowest BCUT2D eigenvalue weighted by Crippen LogP contribution is -2.41. The molecule has 0 amide bonds. The van der Waals surface area contributed by atoms with Gasteiger partial charge in [0.25, 0.3) is 0 Å². The van der Waals surface area contributed by atoms with Gasteiger partial charge in [-0.1, -0.05) is 163 Å². The van der Waals surface area contributed by atoms with Crippen molar-refractivity contribution in [3.8, 4) is 11.1 Å². The Hall–Kier alpha value is -3.64. The fourth-order valence-electron chi connectivity index (χ4n) is 6.93. The van der Waals surface area contributed by atoms with Gasteiger partial charge >= 0.3 is 0 Å². The molecular formula is C39H40. The minimum Gasteiger partial charge on any atom is -0.0764 e. The molecule has 0 nitrogen and oxygen atoms in total. The third-order valence-corrected chi connectivity index (χ3v) is 8.98. The van der Waals surface area contributed by atoms with Crippen molar-refractivity contribution in [1.29, 1.82) is 0 Å². The average molecular weight is 509 g/mol. The quantitative estimate of drug-likeness (QED) is 0.257. The standard InChI is InChI=1S/C39H40/c1-37(2,3)30-21-23-32-33-24-22-31(38(4,5)6)26-35(33)36(34(32)25-30)39(29-19-13-14-20-29,27-15-9-7-10-16-27)28-17-11-8-12-18-28/h7-26,29,36H,1-6H3. The molecule has 4 aromatic carbocycles. The van der Waals surface area contributed by atoms with Crippen LogP contribution >= 0.6 is 0 Å². The molecule has 0 bridgehead atoms. The van der Waals surface area contributed by atoms with E-state index < -0.39 is 0 Å². The second-order valence-corrected chi connectivity index (χ2v) is 13.4. The number of benzene rings is 4. The van der Waals surface area contributed by atoms with E-state index >= 15 is 0 Å². The minimum absolute atomic E-state index is 0.0697. The van der Waals surface area contributed by atoms with Crippen molar-refractivity contribution in [2.45, 2.75) is 63.7 Å². The fourth-order valence-corrected chi connectivity index (χ4v) is 6.93. The van der Waals surface area contributed by atoms with Crippen LogP contribution in [0.2, 0.25) is 0 Å². The highest BCUT2D eigenvalue weighted by Crippen LogP contribution is 2.60. The molecule has 0 saturated carbocycles. The molecule has 0 aliphatic heterocycles. The summed E-state index contributed by atoms with van der Waals surface area (Å²) < 4.78 is 0. The van der Waals surface area contributed by atoms with Crippen LogP contribution in [0.1, 0.15) is 80.8 Å². The van der Waals surface area contributed by atoms with Crippen molar-refractivity contribution >= 4 is 0 Å². The lowest BCUT2D eigenvalue weighted by molar-refractivity contribution is 0.394. The molecule has 0 heteroatoms. The van der Waals surface area contributed by atoms with Gasteiger partial charge in [-0.15, -0.1) is 0 Å². The van der Waals surface area contributed by atoms with Gasteiger partial charge < -0.3 is 0 Å². The largest absolute Gasteiger partial charge is 0.0764 e. The second-order valence-electron chi connectivity index (χ2n) is 13.4. The van der Waals surface area contributed by atoms with Gasteiger partial charge in [0, 0.05) is 17.3 Å². The Bertz CT molecular complexity index is 1440. The number of rotatable bonds is 4. The summed E-state index contributed by atoms with van der Waals surface area (Å²) in [5, 5.41) is 0. The second kappa shape index (κ2) is 9.23. The minimum atomic E-state index is -0.307. The van der Waals surface area contributed by atoms with Crippen LogP contribution in [0.25, 0.3) is 11.1 Å². The topological polar surface area (TPSA) is 0 Å². The summed E-state index contributed by atoms with van der Waals surface area (Å²) in [4.78, 5) is 0. The summed E-state index contributed by atoms with van der Waals surface area (Å²) >= 11 is 0. The lowest BCUT2D eigenvalue weighted by atomic mass is 9.56. The molecule has 6 rings (SSSR count). The number of hydrogen-bond acceptors (Lipinski definition) is 0. The molecule has 0 fully saturated rings. The van der Waals surface area contributed by atoms with E-state index in [0.29, 0.717) is 0 Å². The van der Waals surface area contributed by atoms with Crippen LogP contribution in [-0.4, -0.2) is 0 Å². The Morgan fingerprint density at radius 1 is 0.462 bits per heavy atom. The molecule has 2 aliphatic carbocycles. The van der Waals surface area contributed by atoms with E-state index in [4.69, 9.17) is 0 Å². The van der Waals surface area contributed by atoms with E-state index in [0.717, 1.165) is 0 Å². The monoisotopic (exact) mass is 508 g/mol. The van der Waals surface area contributed by atoms with Gasteiger partial charge in [-0.05, 0) is 55.3 Å². The van der Waals surface area contributed by atoms with Gasteiger partial charge in [-0.25, -0.2) is 0 Å². The van der Waals surface area contributed by atoms with Crippen molar-refractivity contribution in [2.75, 3.05) is 0 Å². The zero-order valence-electron chi connectivity index (χ0n) is 24.2. The van der Waals surface area contributed by atoms with E-state index in [9.17, 15) is 0 Å². The lowest BCUT2D eigenvalue weighted by Gasteiger charge is -2.45. The third-order valence-electron chi connectivity index (χ3n) is 8.98. The fraction of sp³-hybridized carbons (Fsp3) is 0.282. The Morgan fingerprint density at radius 2 is 0.872 bits per heavy atom. The van der Waals surface area contributed by atoms with Gasteiger partial charge in [-0.2, -0.15) is 0 Å². The number of fused-ring (bicyclic) bond motifs is 3. The first-order valence-corrected chi connectivity index (χ1v) is 14.4. The number of allylic oxidation sites excluding steroid dienone is 4. The van der Waals surface area contributed by atoms with Gasteiger partial charge in [0.1, 0.15) is 0 Å². The zero-order valence-corrected chi connectivity index (χ0v) is 24.2. The van der Waals surface area contributed by atoms with Gasteiger partial charge in [0.05, 0.1) is 0 Å². The Kier molecular flexibility index (Phi) is 6.07. The third kappa shape index (κ3) is 4.13. The normalized spacial score (nSPS) is 15.5. The van der Waals surface area contributed by atoms with Crippen molar-refractivity contribution < 1.29 is 0 Å². The van der Waals surface area contributed by atoms with Crippen molar-refractivity contribution in [1.82, 2.24) is 0 Å². The number of hydrogen-bond donors (Lipinski definition) is 0. The molecular weight excluding hydrogens is 468 g/mol. The van der Waals surface area contributed by atoms with Crippen molar-refractivity contribution in [3.63, 3.8) is 0 Å². The summed E-state index contributed by atoms with van der Waals surface area (Å²) in [7, 11) is 0.